The molecule has 0 radical (unpaired) electrons. The van der Waals surface area contributed by atoms with Crippen LogP contribution in [0.3, 0.4) is 0 Å². The van der Waals surface area contributed by atoms with Crippen LogP contribution >= 0.6 is 0 Å². The molecule has 5 rings (SSSR count). The molecule has 2 aliphatic rings. The van der Waals surface area contributed by atoms with Crippen LogP contribution in [0.2, 0.25) is 0 Å². The van der Waals surface area contributed by atoms with Gasteiger partial charge in [-0.25, -0.2) is 9.79 Å². The van der Waals surface area contributed by atoms with Gasteiger partial charge in [0.1, 0.15) is 0 Å². The molecular formula is C27H25N3O2. The fourth-order valence-electron chi connectivity index (χ4n) is 4.21. The summed E-state index contributed by atoms with van der Waals surface area (Å²) in [7, 11) is 0. The van der Waals surface area contributed by atoms with Crippen LogP contribution in [-0.2, 0) is 9.53 Å². The highest BCUT2D eigenvalue weighted by molar-refractivity contribution is 6.16. The molecule has 1 saturated heterocycles. The number of benzene rings is 3. The number of hydrogen-bond donors (Lipinski definition) is 0. The summed E-state index contributed by atoms with van der Waals surface area (Å²) in [5.41, 5.74) is 2.34. The Hall–Kier alpha value is -3.73. The van der Waals surface area contributed by atoms with Gasteiger partial charge in [-0.05, 0) is 41.2 Å². The Bertz CT molecular complexity index is 1200. The molecule has 0 N–H and O–H groups in total. The number of aliphatic imine (C=N–C) groups is 2. The third kappa shape index (κ3) is 4.47. The van der Waals surface area contributed by atoms with Crippen LogP contribution < -0.4 is 0 Å². The van der Waals surface area contributed by atoms with Gasteiger partial charge in [-0.2, -0.15) is 0 Å². The van der Waals surface area contributed by atoms with E-state index in [-0.39, 0.29) is 5.97 Å². The van der Waals surface area contributed by atoms with Gasteiger partial charge in [-0.3, -0.25) is 4.99 Å². The second-order valence-corrected chi connectivity index (χ2v) is 8.23. The van der Waals surface area contributed by atoms with E-state index in [1.807, 2.05) is 73.1 Å². The number of nitrogens with zero attached hydrogens (tertiary/aromatic N) is 3. The van der Waals surface area contributed by atoms with Crippen molar-refractivity contribution >= 4 is 28.9 Å². The summed E-state index contributed by atoms with van der Waals surface area (Å²) >= 11 is 0. The number of rotatable bonds is 5. The summed E-state index contributed by atoms with van der Waals surface area (Å²) in [5.74, 6) is 0.556. The molecule has 1 fully saturated rings. The first kappa shape index (κ1) is 20.2. The van der Waals surface area contributed by atoms with Gasteiger partial charge in [0.25, 0.3) is 0 Å². The minimum atomic E-state index is -0.387. The van der Waals surface area contributed by atoms with Gasteiger partial charge < -0.3 is 9.64 Å². The maximum Gasteiger partial charge on any atom is 0.365 e. The van der Waals surface area contributed by atoms with Gasteiger partial charge in [0.2, 0.25) is 5.90 Å². The van der Waals surface area contributed by atoms with Crippen molar-refractivity contribution in [3.63, 3.8) is 0 Å². The Labute approximate surface area is 187 Å². The Balaban J connectivity index is 1.22. The highest BCUT2D eigenvalue weighted by atomic mass is 16.6. The lowest BCUT2D eigenvalue weighted by Crippen LogP contribution is -2.31. The first-order valence-corrected chi connectivity index (χ1v) is 11.1. The van der Waals surface area contributed by atoms with E-state index in [1.165, 1.54) is 0 Å². The van der Waals surface area contributed by atoms with Crippen molar-refractivity contribution in [1.29, 1.82) is 0 Å². The summed E-state index contributed by atoms with van der Waals surface area (Å²) in [5, 5.41) is 2.12. The number of cyclic esters (lactones) is 1. The van der Waals surface area contributed by atoms with Crippen LogP contribution in [-0.4, -0.2) is 42.6 Å². The minimum absolute atomic E-state index is 0.369. The fourth-order valence-corrected chi connectivity index (χ4v) is 4.21. The van der Waals surface area contributed by atoms with Crippen molar-refractivity contribution in [2.24, 2.45) is 15.9 Å². The first-order chi connectivity index (χ1) is 15.8. The van der Waals surface area contributed by atoms with E-state index in [9.17, 15) is 4.79 Å². The minimum Gasteiger partial charge on any atom is -0.402 e. The normalized spacial score (nSPS) is 18.5. The van der Waals surface area contributed by atoms with Crippen molar-refractivity contribution < 1.29 is 9.53 Å². The number of carbonyl (C=O) groups is 1. The molecule has 0 aromatic heterocycles. The number of ether oxygens (including phenoxy) is 1. The average molecular weight is 424 g/mol. The van der Waals surface area contributed by atoms with Crippen molar-refractivity contribution in [2.75, 3.05) is 19.6 Å². The highest BCUT2D eigenvalue weighted by Gasteiger charge is 2.27. The zero-order chi connectivity index (χ0) is 21.8. The standard InChI is InChI=1S/C27H25N3O2/c31-27-25(29-26(32-27)24-12-6-10-22-9-4-5-11-23(22)24)19-30-15-13-21(14-16-30)18-28-17-20-7-2-1-3-8-20/h1-12,17,19,21H,13-16,18H2/b25-19-,28-17+. The molecule has 0 aliphatic carbocycles. The predicted molar refractivity (Wildman–Crippen MR) is 128 cm³/mol. The fraction of sp³-hybridized carbons (Fsp3) is 0.222. The Kier molecular flexibility index (Phi) is 5.79. The highest BCUT2D eigenvalue weighted by Crippen LogP contribution is 2.25. The molecule has 0 atom stereocenters. The van der Waals surface area contributed by atoms with E-state index < -0.39 is 0 Å². The molecule has 3 aromatic carbocycles. The number of esters is 1. The molecule has 0 spiro atoms. The molecule has 2 heterocycles. The number of hydrogen-bond acceptors (Lipinski definition) is 5. The summed E-state index contributed by atoms with van der Waals surface area (Å²) < 4.78 is 5.52. The van der Waals surface area contributed by atoms with Crippen molar-refractivity contribution in [1.82, 2.24) is 4.90 Å². The molecule has 32 heavy (non-hydrogen) atoms. The molecule has 160 valence electrons. The zero-order valence-electron chi connectivity index (χ0n) is 17.9. The van der Waals surface area contributed by atoms with E-state index in [4.69, 9.17) is 4.74 Å². The van der Waals surface area contributed by atoms with E-state index in [0.29, 0.717) is 17.5 Å². The molecular weight excluding hydrogens is 398 g/mol. The lowest BCUT2D eigenvalue weighted by molar-refractivity contribution is -0.130. The Morgan fingerprint density at radius 2 is 1.72 bits per heavy atom. The Morgan fingerprint density at radius 1 is 0.969 bits per heavy atom. The monoisotopic (exact) mass is 423 g/mol. The number of likely N-dealkylation sites (tertiary alicyclic amines) is 1. The van der Waals surface area contributed by atoms with Crippen LogP contribution in [0.4, 0.5) is 0 Å². The first-order valence-electron chi connectivity index (χ1n) is 11.1. The maximum absolute atomic E-state index is 12.5. The summed E-state index contributed by atoms with van der Waals surface area (Å²) in [6.45, 7) is 2.62. The van der Waals surface area contributed by atoms with Gasteiger partial charge in [-0.1, -0.05) is 66.7 Å². The topological polar surface area (TPSA) is 54.3 Å². The molecule has 0 amide bonds. The van der Waals surface area contributed by atoms with Crippen LogP contribution in [0, 0.1) is 5.92 Å². The number of fused-ring (bicyclic) bond motifs is 1. The third-order valence-corrected chi connectivity index (χ3v) is 6.00. The van der Waals surface area contributed by atoms with Crippen molar-refractivity contribution in [3.8, 4) is 0 Å². The van der Waals surface area contributed by atoms with Crippen LogP contribution in [0.15, 0.2) is 94.7 Å². The molecule has 5 heteroatoms. The lowest BCUT2D eigenvalue weighted by atomic mass is 9.97. The third-order valence-electron chi connectivity index (χ3n) is 6.00. The van der Waals surface area contributed by atoms with E-state index in [0.717, 1.165) is 54.4 Å². The number of piperidine rings is 1. The molecule has 3 aromatic rings. The zero-order valence-corrected chi connectivity index (χ0v) is 17.9. The molecule has 2 aliphatic heterocycles. The van der Waals surface area contributed by atoms with Crippen LogP contribution in [0.25, 0.3) is 10.8 Å². The average Bonchev–Trinajstić information content (AvgIpc) is 3.20. The molecule has 5 nitrogen and oxygen atoms in total. The van der Waals surface area contributed by atoms with Crippen LogP contribution in [0.1, 0.15) is 24.0 Å². The smallest absolute Gasteiger partial charge is 0.365 e. The van der Waals surface area contributed by atoms with Gasteiger partial charge in [0.15, 0.2) is 5.70 Å². The lowest BCUT2D eigenvalue weighted by Gasteiger charge is -2.30. The molecule has 0 saturated carbocycles. The van der Waals surface area contributed by atoms with Gasteiger partial charge >= 0.3 is 5.97 Å². The quantitative estimate of drug-likeness (QED) is 0.336. The van der Waals surface area contributed by atoms with Crippen molar-refractivity contribution in [2.45, 2.75) is 12.8 Å². The Morgan fingerprint density at radius 3 is 2.56 bits per heavy atom. The second-order valence-electron chi connectivity index (χ2n) is 8.23. The summed E-state index contributed by atoms with van der Waals surface area (Å²) in [4.78, 5) is 23.8. The molecule has 0 bridgehead atoms. The maximum atomic E-state index is 12.5. The van der Waals surface area contributed by atoms with E-state index >= 15 is 0 Å². The molecule has 0 unspecified atom stereocenters. The summed E-state index contributed by atoms with van der Waals surface area (Å²) in [6, 6.07) is 24.2. The van der Waals surface area contributed by atoms with Gasteiger partial charge in [-0.15, -0.1) is 0 Å². The van der Waals surface area contributed by atoms with E-state index in [1.54, 1.807) is 0 Å². The summed E-state index contributed by atoms with van der Waals surface area (Å²) in [6.07, 6.45) is 5.89. The SMILES string of the molecule is O=C1OC(c2cccc3ccccc23)=N/C1=C\N1CCC(C/N=C/c2ccccc2)CC1. The van der Waals surface area contributed by atoms with Gasteiger partial charge in [0, 0.05) is 37.6 Å². The van der Waals surface area contributed by atoms with E-state index in [2.05, 4.69) is 27.0 Å². The van der Waals surface area contributed by atoms with Gasteiger partial charge in [0.05, 0.1) is 0 Å². The van der Waals surface area contributed by atoms with Crippen molar-refractivity contribution in [3.05, 3.63) is 95.8 Å². The largest absolute Gasteiger partial charge is 0.402 e. The number of carbonyl (C=O) groups excluding carboxylic acids is 1. The predicted octanol–water partition coefficient (Wildman–Crippen LogP) is 4.82. The van der Waals surface area contributed by atoms with Crippen LogP contribution in [0.5, 0.6) is 0 Å². The second kappa shape index (κ2) is 9.18.